The third-order valence-electron chi connectivity index (χ3n) is 3.52. The lowest BCUT2D eigenvalue weighted by Gasteiger charge is -2.36. The van der Waals surface area contributed by atoms with Gasteiger partial charge in [-0.3, -0.25) is 4.79 Å². The molecule has 1 fully saturated rings. The average molecular weight is 228 g/mol. The second kappa shape index (κ2) is 6.21. The molecule has 2 N–H and O–H groups in total. The van der Waals surface area contributed by atoms with Crippen molar-refractivity contribution in [1.29, 1.82) is 0 Å². The van der Waals surface area contributed by atoms with Crippen LogP contribution in [0.2, 0.25) is 0 Å². The number of hydrogen-bond acceptors (Lipinski definition) is 3. The van der Waals surface area contributed by atoms with Crippen molar-refractivity contribution in [3.63, 3.8) is 0 Å². The van der Waals surface area contributed by atoms with Crippen LogP contribution < -0.4 is 5.32 Å². The van der Waals surface area contributed by atoms with E-state index in [0.29, 0.717) is 18.1 Å². The standard InChI is InChI=1S/C12H24N2O2/c1-9(4-5-12(15)16)13-11-6-7-14(3)10(2)8-11/h9-11,13H,4-8H2,1-3H3,(H,15,16). The van der Waals surface area contributed by atoms with Gasteiger partial charge in [0, 0.05) is 24.5 Å². The van der Waals surface area contributed by atoms with Gasteiger partial charge in [0.15, 0.2) is 0 Å². The summed E-state index contributed by atoms with van der Waals surface area (Å²) in [5.41, 5.74) is 0. The van der Waals surface area contributed by atoms with E-state index < -0.39 is 5.97 Å². The van der Waals surface area contributed by atoms with E-state index in [1.165, 1.54) is 0 Å². The lowest BCUT2D eigenvalue weighted by atomic mass is 9.97. The maximum Gasteiger partial charge on any atom is 0.303 e. The van der Waals surface area contributed by atoms with Gasteiger partial charge in [-0.05, 0) is 46.7 Å². The summed E-state index contributed by atoms with van der Waals surface area (Å²) in [5, 5.41) is 12.1. The zero-order valence-electron chi connectivity index (χ0n) is 10.6. The quantitative estimate of drug-likeness (QED) is 0.745. The van der Waals surface area contributed by atoms with E-state index in [9.17, 15) is 4.79 Å². The molecule has 3 atom stereocenters. The Balaban J connectivity index is 2.23. The summed E-state index contributed by atoms with van der Waals surface area (Å²) in [6, 6.07) is 1.48. The van der Waals surface area contributed by atoms with Crippen molar-refractivity contribution in [1.82, 2.24) is 10.2 Å². The van der Waals surface area contributed by atoms with Gasteiger partial charge < -0.3 is 15.3 Å². The van der Waals surface area contributed by atoms with Crippen molar-refractivity contribution in [3.05, 3.63) is 0 Å². The monoisotopic (exact) mass is 228 g/mol. The number of piperidine rings is 1. The zero-order chi connectivity index (χ0) is 12.1. The molecule has 0 amide bonds. The molecule has 94 valence electrons. The van der Waals surface area contributed by atoms with Crippen LogP contribution in [0.5, 0.6) is 0 Å². The first-order valence-corrected chi connectivity index (χ1v) is 6.17. The van der Waals surface area contributed by atoms with Gasteiger partial charge >= 0.3 is 5.97 Å². The summed E-state index contributed by atoms with van der Waals surface area (Å²) in [6.07, 6.45) is 3.30. The second-order valence-electron chi connectivity index (χ2n) is 5.05. The van der Waals surface area contributed by atoms with E-state index in [2.05, 4.69) is 31.1 Å². The number of carboxylic acid groups (broad SMARTS) is 1. The molecule has 16 heavy (non-hydrogen) atoms. The lowest BCUT2D eigenvalue weighted by molar-refractivity contribution is -0.137. The minimum Gasteiger partial charge on any atom is -0.481 e. The predicted octanol–water partition coefficient (Wildman–Crippen LogP) is 1.31. The predicted molar refractivity (Wildman–Crippen MR) is 64.6 cm³/mol. The Morgan fingerprint density at radius 1 is 1.62 bits per heavy atom. The van der Waals surface area contributed by atoms with E-state index in [0.717, 1.165) is 25.8 Å². The molecular weight excluding hydrogens is 204 g/mol. The molecule has 4 nitrogen and oxygen atoms in total. The highest BCUT2D eigenvalue weighted by Crippen LogP contribution is 2.16. The molecule has 1 rings (SSSR count). The first-order valence-electron chi connectivity index (χ1n) is 6.17. The van der Waals surface area contributed by atoms with Crippen LogP contribution in [0.1, 0.15) is 39.5 Å². The van der Waals surface area contributed by atoms with Crippen LogP contribution in [-0.4, -0.2) is 47.7 Å². The van der Waals surface area contributed by atoms with E-state index in [1.807, 2.05) is 0 Å². The fourth-order valence-corrected chi connectivity index (χ4v) is 2.27. The minimum atomic E-state index is -0.703. The normalized spacial score (nSPS) is 28.9. The highest BCUT2D eigenvalue weighted by Gasteiger charge is 2.23. The van der Waals surface area contributed by atoms with Crippen molar-refractivity contribution < 1.29 is 9.90 Å². The van der Waals surface area contributed by atoms with E-state index >= 15 is 0 Å². The number of carbonyl (C=O) groups is 1. The van der Waals surface area contributed by atoms with Gasteiger partial charge in [0.1, 0.15) is 0 Å². The van der Waals surface area contributed by atoms with Crippen molar-refractivity contribution in [2.75, 3.05) is 13.6 Å². The van der Waals surface area contributed by atoms with Crippen LogP contribution in [0, 0.1) is 0 Å². The third kappa shape index (κ3) is 4.49. The minimum absolute atomic E-state index is 0.260. The lowest BCUT2D eigenvalue weighted by Crippen LogP contribution is -2.48. The fraction of sp³-hybridized carbons (Fsp3) is 0.917. The molecular formula is C12H24N2O2. The van der Waals surface area contributed by atoms with Crippen LogP contribution >= 0.6 is 0 Å². The van der Waals surface area contributed by atoms with Crippen LogP contribution in [-0.2, 0) is 4.79 Å². The summed E-state index contributed by atoms with van der Waals surface area (Å²) < 4.78 is 0. The second-order valence-corrected chi connectivity index (χ2v) is 5.05. The number of likely N-dealkylation sites (tertiary alicyclic amines) is 1. The number of aliphatic carboxylic acids is 1. The van der Waals surface area contributed by atoms with Crippen LogP contribution in [0.3, 0.4) is 0 Å². The first-order chi connectivity index (χ1) is 7.49. The maximum absolute atomic E-state index is 10.5. The Morgan fingerprint density at radius 3 is 2.88 bits per heavy atom. The largest absolute Gasteiger partial charge is 0.481 e. The molecule has 0 aromatic carbocycles. The molecule has 0 saturated carbocycles. The van der Waals surface area contributed by atoms with Gasteiger partial charge in [-0.1, -0.05) is 0 Å². The van der Waals surface area contributed by atoms with Gasteiger partial charge in [0.25, 0.3) is 0 Å². The van der Waals surface area contributed by atoms with Crippen molar-refractivity contribution in [3.8, 4) is 0 Å². The zero-order valence-corrected chi connectivity index (χ0v) is 10.6. The molecule has 3 unspecified atom stereocenters. The molecule has 4 heteroatoms. The molecule has 1 saturated heterocycles. The Hall–Kier alpha value is -0.610. The van der Waals surface area contributed by atoms with Gasteiger partial charge in [-0.15, -0.1) is 0 Å². The summed E-state index contributed by atoms with van der Waals surface area (Å²) in [7, 11) is 2.16. The number of nitrogens with one attached hydrogen (secondary N) is 1. The number of nitrogens with zero attached hydrogens (tertiary/aromatic N) is 1. The van der Waals surface area contributed by atoms with Crippen LogP contribution in [0.25, 0.3) is 0 Å². The van der Waals surface area contributed by atoms with Crippen LogP contribution in [0.15, 0.2) is 0 Å². The number of carboxylic acids is 1. The van der Waals surface area contributed by atoms with Gasteiger partial charge in [-0.25, -0.2) is 0 Å². The maximum atomic E-state index is 10.5. The highest BCUT2D eigenvalue weighted by molar-refractivity contribution is 5.66. The fourth-order valence-electron chi connectivity index (χ4n) is 2.27. The van der Waals surface area contributed by atoms with E-state index in [-0.39, 0.29) is 6.42 Å². The molecule has 0 aromatic rings. The summed E-state index contributed by atoms with van der Waals surface area (Å²) in [6.45, 7) is 5.45. The summed E-state index contributed by atoms with van der Waals surface area (Å²) in [5.74, 6) is -0.703. The van der Waals surface area contributed by atoms with Crippen LogP contribution in [0.4, 0.5) is 0 Å². The molecule has 0 radical (unpaired) electrons. The molecule has 0 spiro atoms. The Kier molecular flexibility index (Phi) is 5.22. The molecule has 1 heterocycles. The summed E-state index contributed by atoms with van der Waals surface area (Å²) in [4.78, 5) is 12.8. The van der Waals surface area contributed by atoms with Crippen molar-refractivity contribution >= 4 is 5.97 Å². The highest BCUT2D eigenvalue weighted by atomic mass is 16.4. The van der Waals surface area contributed by atoms with E-state index in [4.69, 9.17) is 5.11 Å². The van der Waals surface area contributed by atoms with Gasteiger partial charge in [-0.2, -0.15) is 0 Å². The summed E-state index contributed by atoms with van der Waals surface area (Å²) >= 11 is 0. The molecule has 0 bridgehead atoms. The van der Waals surface area contributed by atoms with Gasteiger partial charge in [0.05, 0.1) is 0 Å². The number of rotatable bonds is 5. The first kappa shape index (κ1) is 13.5. The SMILES string of the molecule is CC(CCC(=O)O)NC1CCN(C)C(C)C1. The molecule has 0 aliphatic carbocycles. The van der Waals surface area contributed by atoms with E-state index in [1.54, 1.807) is 0 Å². The Bertz CT molecular complexity index is 233. The van der Waals surface area contributed by atoms with Crippen molar-refractivity contribution in [2.24, 2.45) is 0 Å². The topological polar surface area (TPSA) is 52.6 Å². The smallest absolute Gasteiger partial charge is 0.303 e. The Morgan fingerprint density at radius 2 is 2.31 bits per heavy atom. The average Bonchev–Trinajstić information content (AvgIpc) is 2.21. The van der Waals surface area contributed by atoms with Crippen molar-refractivity contribution in [2.45, 2.75) is 57.7 Å². The Labute approximate surface area is 98.0 Å². The third-order valence-corrected chi connectivity index (χ3v) is 3.52. The molecule has 0 aromatic heterocycles. The number of hydrogen-bond donors (Lipinski definition) is 2. The van der Waals surface area contributed by atoms with Gasteiger partial charge in [0.2, 0.25) is 0 Å². The molecule has 1 aliphatic heterocycles. The molecule has 1 aliphatic rings.